The number of anilines is 2. The number of nitrogens with zero attached hydrogens (tertiary/aromatic N) is 6. The Labute approximate surface area is 244 Å². The van der Waals surface area contributed by atoms with Crippen LogP contribution in [0.4, 0.5) is 11.4 Å². The van der Waals surface area contributed by atoms with Gasteiger partial charge >= 0.3 is 6.01 Å². The molecule has 13 heteroatoms. The third-order valence-corrected chi connectivity index (χ3v) is 7.53. The van der Waals surface area contributed by atoms with E-state index in [2.05, 4.69) is 21.4 Å². The number of hydrogen-bond donors (Lipinski definition) is 1. The molecule has 11 nitrogen and oxygen atoms in total. The lowest BCUT2D eigenvalue weighted by molar-refractivity contribution is -0.119. The summed E-state index contributed by atoms with van der Waals surface area (Å²) in [5, 5.41) is 13.2. The number of rotatable bonds is 5. The first-order chi connectivity index (χ1) is 19.6. The van der Waals surface area contributed by atoms with Crippen LogP contribution < -0.4 is 19.7 Å². The average molecular weight is 590 g/mol. The van der Waals surface area contributed by atoms with Crippen molar-refractivity contribution in [1.29, 1.82) is 5.26 Å². The van der Waals surface area contributed by atoms with Crippen molar-refractivity contribution in [3.05, 3.63) is 75.2 Å². The summed E-state index contributed by atoms with van der Waals surface area (Å²) in [5.74, 6) is -0.543. The molecule has 4 aromatic rings. The first-order valence-corrected chi connectivity index (χ1v) is 13.2. The van der Waals surface area contributed by atoms with Crippen LogP contribution in [0.3, 0.4) is 0 Å². The molecule has 0 fully saturated rings. The van der Waals surface area contributed by atoms with Gasteiger partial charge in [0.2, 0.25) is 5.88 Å². The molecule has 1 spiro atoms. The second kappa shape index (κ2) is 9.47. The van der Waals surface area contributed by atoms with Crippen LogP contribution in [0.25, 0.3) is 11.4 Å². The lowest BCUT2D eigenvalue weighted by Crippen LogP contribution is -2.51. The highest BCUT2D eigenvalue weighted by atomic mass is 35.5. The summed E-state index contributed by atoms with van der Waals surface area (Å²) in [7, 11) is 2.89. The van der Waals surface area contributed by atoms with Gasteiger partial charge in [-0.2, -0.15) is 10.2 Å². The van der Waals surface area contributed by atoms with Gasteiger partial charge < -0.3 is 19.4 Å². The topological polar surface area (TPSA) is 135 Å². The van der Waals surface area contributed by atoms with Gasteiger partial charge in [-0.1, -0.05) is 29.3 Å². The Morgan fingerprint density at radius 2 is 1.83 bits per heavy atom. The van der Waals surface area contributed by atoms with E-state index in [1.54, 1.807) is 22.8 Å². The quantitative estimate of drug-likeness (QED) is 0.344. The number of aromatic nitrogens is 4. The fourth-order valence-corrected chi connectivity index (χ4v) is 5.95. The molecule has 2 aliphatic heterocycles. The Kier molecular flexibility index (Phi) is 6.13. The SMILES string of the molecule is COc1ncc(-c2nc3c(n2C(C)C)C2(C(=O)Nc4cc(Cl)ccc42)N(c2cc(Cl)cc(C#N)c2)C3=O)c(OC)n1. The molecule has 0 radical (unpaired) electrons. The number of benzene rings is 2. The minimum Gasteiger partial charge on any atom is -0.480 e. The molecular weight excluding hydrogens is 569 g/mol. The molecule has 0 aliphatic carbocycles. The molecule has 206 valence electrons. The Hall–Kier alpha value is -4.66. The highest BCUT2D eigenvalue weighted by molar-refractivity contribution is 6.32. The molecule has 2 aliphatic rings. The minimum atomic E-state index is -1.71. The number of hydrogen-bond acceptors (Lipinski definition) is 8. The lowest BCUT2D eigenvalue weighted by atomic mass is 9.87. The summed E-state index contributed by atoms with van der Waals surface area (Å²) in [5.41, 5.74) is 0.489. The van der Waals surface area contributed by atoms with Gasteiger partial charge in [0.15, 0.2) is 11.2 Å². The summed E-state index contributed by atoms with van der Waals surface area (Å²) < 4.78 is 12.5. The Morgan fingerprint density at radius 1 is 1.05 bits per heavy atom. The summed E-state index contributed by atoms with van der Waals surface area (Å²) in [4.78, 5) is 43.3. The first-order valence-electron chi connectivity index (χ1n) is 12.4. The van der Waals surface area contributed by atoms with Crippen LogP contribution in [0, 0.1) is 11.3 Å². The number of nitriles is 1. The van der Waals surface area contributed by atoms with Gasteiger partial charge in [-0.15, -0.1) is 0 Å². The summed E-state index contributed by atoms with van der Waals surface area (Å²) in [6.07, 6.45) is 1.49. The molecule has 0 saturated carbocycles. The van der Waals surface area contributed by atoms with E-state index in [4.69, 9.17) is 37.7 Å². The molecule has 4 heterocycles. The highest BCUT2D eigenvalue weighted by Gasteiger charge is 2.64. The number of ether oxygens (including phenoxy) is 2. The highest BCUT2D eigenvalue weighted by Crippen LogP contribution is 2.54. The molecule has 1 atom stereocenters. The van der Waals surface area contributed by atoms with Crippen LogP contribution in [-0.4, -0.2) is 45.6 Å². The van der Waals surface area contributed by atoms with Crippen LogP contribution in [0.1, 0.15) is 47.2 Å². The van der Waals surface area contributed by atoms with Crippen molar-refractivity contribution in [2.75, 3.05) is 24.4 Å². The molecule has 6 rings (SSSR count). The predicted octanol–water partition coefficient (Wildman–Crippen LogP) is 4.97. The van der Waals surface area contributed by atoms with E-state index in [1.165, 1.54) is 43.5 Å². The van der Waals surface area contributed by atoms with Crippen LogP contribution >= 0.6 is 23.2 Å². The van der Waals surface area contributed by atoms with Crippen molar-refractivity contribution in [3.63, 3.8) is 0 Å². The van der Waals surface area contributed by atoms with E-state index < -0.39 is 17.4 Å². The maximum atomic E-state index is 14.4. The molecule has 41 heavy (non-hydrogen) atoms. The van der Waals surface area contributed by atoms with E-state index in [0.29, 0.717) is 33.4 Å². The number of carbonyl (C=O) groups excluding carboxylic acids is 2. The maximum Gasteiger partial charge on any atom is 0.319 e. The van der Waals surface area contributed by atoms with E-state index in [-0.39, 0.29) is 39.9 Å². The van der Waals surface area contributed by atoms with Gasteiger partial charge in [0.05, 0.1) is 37.1 Å². The number of methoxy groups -OCH3 is 2. The van der Waals surface area contributed by atoms with E-state index in [9.17, 15) is 14.9 Å². The standard InChI is InChI=1S/C28H21Cl2N7O4/c1-13(2)36-22-21(34-23(36)18-12-32-27(41-4)35-24(18)40-3)25(38)37(17-8-14(11-31)7-16(30)9-17)28(22)19-6-5-15(29)10-20(19)33-26(28)39/h5-10,12-13H,1-4H3,(H,33,39). The predicted molar refractivity (Wildman–Crippen MR) is 151 cm³/mol. The second-order valence-electron chi connectivity index (χ2n) is 9.68. The van der Waals surface area contributed by atoms with E-state index in [0.717, 1.165) is 0 Å². The molecule has 2 aromatic carbocycles. The maximum absolute atomic E-state index is 14.4. The average Bonchev–Trinajstić information content (AvgIpc) is 3.56. The molecule has 1 unspecified atom stereocenters. The molecule has 2 amide bonds. The number of halogens is 2. The summed E-state index contributed by atoms with van der Waals surface area (Å²) in [6.45, 7) is 3.82. The fraction of sp³-hybridized carbons (Fsp3) is 0.214. The second-order valence-corrected chi connectivity index (χ2v) is 10.6. The van der Waals surface area contributed by atoms with Crippen LogP contribution in [0.15, 0.2) is 42.6 Å². The Bertz CT molecular complexity index is 1830. The molecular formula is C28H21Cl2N7O4. The molecule has 0 saturated heterocycles. The van der Waals surface area contributed by atoms with Crippen LogP contribution in [0.5, 0.6) is 11.9 Å². The monoisotopic (exact) mass is 589 g/mol. The van der Waals surface area contributed by atoms with Crippen LogP contribution in [-0.2, 0) is 10.3 Å². The van der Waals surface area contributed by atoms with Gasteiger partial charge in [-0.3, -0.25) is 14.5 Å². The lowest BCUT2D eigenvalue weighted by Gasteiger charge is -2.35. The Morgan fingerprint density at radius 3 is 2.51 bits per heavy atom. The third kappa shape index (κ3) is 3.68. The van der Waals surface area contributed by atoms with Crippen molar-refractivity contribution >= 4 is 46.4 Å². The Balaban J connectivity index is 1.72. The van der Waals surface area contributed by atoms with Crippen molar-refractivity contribution in [2.45, 2.75) is 25.4 Å². The van der Waals surface area contributed by atoms with Crippen LogP contribution in [0.2, 0.25) is 10.0 Å². The largest absolute Gasteiger partial charge is 0.480 e. The molecule has 2 aromatic heterocycles. The normalized spacial score (nSPS) is 17.1. The zero-order chi connectivity index (χ0) is 29.2. The molecule has 0 bridgehead atoms. The van der Waals surface area contributed by atoms with Crippen molar-refractivity contribution in [1.82, 2.24) is 19.5 Å². The summed E-state index contributed by atoms with van der Waals surface area (Å²) in [6, 6.07) is 11.4. The zero-order valence-corrected chi connectivity index (χ0v) is 23.7. The first kappa shape index (κ1) is 26.6. The van der Waals surface area contributed by atoms with Crippen molar-refractivity contribution < 1.29 is 19.1 Å². The fourth-order valence-electron chi connectivity index (χ4n) is 5.55. The third-order valence-electron chi connectivity index (χ3n) is 7.08. The number of amides is 2. The van der Waals surface area contributed by atoms with E-state index in [1.807, 2.05) is 13.8 Å². The summed E-state index contributed by atoms with van der Waals surface area (Å²) >= 11 is 12.7. The van der Waals surface area contributed by atoms with Crippen molar-refractivity contribution in [3.8, 4) is 29.3 Å². The zero-order valence-electron chi connectivity index (χ0n) is 22.2. The number of fused-ring (bicyclic) bond motifs is 4. The van der Waals surface area contributed by atoms with E-state index >= 15 is 0 Å². The van der Waals surface area contributed by atoms with Gasteiger partial charge in [0, 0.05) is 39.2 Å². The van der Waals surface area contributed by atoms with Gasteiger partial charge in [0.25, 0.3) is 11.8 Å². The minimum absolute atomic E-state index is 0.0444. The van der Waals surface area contributed by atoms with Gasteiger partial charge in [-0.25, -0.2) is 9.97 Å². The van der Waals surface area contributed by atoms with Gasteiger partial charge in [0.1, 0.15) is 5.82 Å². The van der Waals surface area contributed by atoms with Gasteiger partial charge in [-0.05, 0) is 44.2 Å². The van der Waals surface area contributed by atoms with Crippen molar-refractivity contribution in [2.24, 2.45) is 0 Å². The number of carbonyl (C=O) groups is 2. The molecule has 1 N–H and O–H groups in total. The number of nitrogens with one attached hydrogen (secondary N) is 1. The smallest absolute Gasteiger partial charge is 0.319 e. The number of imidazole rings is 1.